The molecule has 3 N–H and O–H groups in total. The van der Waals surface area contributed by atoms with Crippen molar-refractivity contribution in [3.05, 3.63) is 28.6 Å². The lowest BCUT2D eigenvalue weighted by atomic mass is 10.1. The molecular weight excluding hydrogens is 312 g/mol. The number of carbonyl (C=O) groups excluding carboxylic acids is 1. The van der Waals surface area contributed by atoms with Gasteiger partial charge in [-0.3, -0.25) is 0 Å². The van der Waals surface area contributed by atoms with Crippen LogP contribution in [0.2, 0.25) is 4.34 Å². The first-order chi connectivity index (χ1) is 10.2. The van der Waals surface area contributed by atoms with Crippen molar-refractivity contribution >= 4 is 34.9 Å². The summed E-state index contributed by atoms with van der Waals surface area (Å²) in [5, 5.41) is 18.1. The van der Waals surface area contributed by atoms with Crippen molar-refractivity contribution in [3.63, 3.8) is 0 Å². The quantitative estimate of drug-likeness (QED) is 0.712. The third-order valence-corrected chi connectivity index (χ3v) is 3.62. The Bertz CT molecular complexity index is 605. The van der Waals surface area contributed by atoms with Crippen molar-refractivity contribution < 1.29 is 9.90 Å². The van der Waals surface area contributed by atoms with E-state index in [4.69, 9.17) is 16.7 Å². The van der Waals surface area contributed by atoms with E-state index in [9.17, 15) is 4.79 Å². The SMILES string of the molecule is O=C(NCCCCO)Nc1cccc(-c2nnsc2Cl)c1. The van der Waals surface area contributed by atoms with E-state index in [0.29, 0.717) is 28.7 Å². The third kappa shape index (κ3) is 4.66. The number of carbonyl (C=O) groups is 1. The average Bonchev–Trinajstić information content (AvgIpc) is 2.90. The van der Waals surface area contributed by atoms with Gasteiger partial charge >= 0.3 is 6.03 Å². The van der Waals surface area contributed by atoms with Crippen molar-refractivity contribution in [3.8, 4) is 11.3 Å². The van der Waals surface area contributed by atoms with E-state index < -0.39 is 0 Å². The van der Waals surface area contributed by atoms with Crippen LogP contribution in [0.3, 0.4) is 0 Å². The van der Waals surface area contributed by atoms with E-state index in [0.717, 1.165) is 23.5 Å². The number of nitrogens with one attached hydrogen (secondary N) is 2. The second-order valence-electron chi connectivity index (χ2n) is 4.29. The molecule has 0 aliphatic heterocycles. The molecule has 0 radical (unpaired) electrons. The fourth-order valence-corrected chi connectivity index (χ4v) is 2.39. The number of aliphatic hydroxyl groups is 1. The molecule has 1 aromatic heterocycles. The van der Waals surface area contributed by atoms with Gasteiger partial charge in [0.15, 0.2) is 0 Å². The lowest BCUT2D eigenvalue weighted by Crippen LogP contribution is -2.29. The summed E-state index contributed by atoms with van der Waals surface area (Å²) in [6, 6.07) is 6.95. The molecule has 2 amide bonds. The fraction of sp³-hybridized carbons (Fsp3) is 0.308. The lowest BCUT2D eigenvalue weighted by Gasteiger charge is -2.08. The van der Waals surface area contributed by atoms with Gasteiger partial charge in [-0.2, -0.15) is 0 Å². The molecule has 8 heteroatoms. The molecule has 0 unspecified atom stereocenters. The van der Waals surface area contributed by atoms with Gasteiger partial charge in [0.1, 0.15) is 10.0 Å². The Balaban J connectivity index is 1.95. The van der Waals surface area contributed by atoms with Crippen LogP contribution in [-0.2, 0) is 0 Å². The summed E-state index contributed by atoms with van der Waals surface area (Å²) >= 11 is 7.12. The van der Waals surface area contributed by atoms with Crippen LogP contribution in [0.15, 0.2) is 24.3 Å². The topological polar surface area (TPSA) is 87.1 Å². The third-order valence-electron chi connectivity index (χ3n) is 2.71. The van der Waals surface area contributed by atoms with Crippen molar-refractivity contribution in [1.29, 1.82) is 0 Å². The van der Waals surface area contributed by atoms with E-state index >= 15 is 0 Å². The van der Waals surface area contributed by atoms with Gasteiger partial charge in [0.05, 0.1) is 0 Å². The van der Waals surface area contributed by atoms with Crippen molar-refractivity contribution in [2.45, 2.75) is 12.8 Å². The summed E-state index contributed by atoms with van der Waals surface area (Å²) in [7, 11) is 0. The number of hydrogen-bond acceptors (Lipinski definition) is 5. The van der Waals surface area contributed by atoms with Crippen LogP contribution in [0.4, 0.5) is 10.5 Å². The summed E-state index contributed by atoms with van der Waals surface area (Å²) in [6.45, 7) is 0.654. The molecule has 0 spiro atoms. The largest absolute Gasteiger partial charge is 0.396 e. The van der Waals surface area contributed by atoms with E-state index in [1.807, 2.05) is 12.1 Å². The lowest BCUT2D eigenvalue weighted by molar-refractivity contribution is 0.250. The number of anilines is 1. The Labute approximate surface area is 131 Å². The maximum atomic E-state index is 11.7. The summed E-state index contributed by atoms with van der Waals surface area (Å²) in [4.78, 5) is 11.7. The van der Waals surface area contributed by atoms with E-state index in [1.54, 1.807) is 12.1 Å². The smallest absolute Gasteiger partial charge is 0.319 e. The first kappa shape index (κ1) is 15.7. The number of aliphatic hydroxyl groups excluding tert-OH is 1. The van der Waals surface area contributed by atoms with Crippen LogP contribution in [0.1, 0.15) is 12.8 Å². The predicted octanol–water partition coefficient (Wildman–Crippen LogP) is 2.75. The predicted molar refractivity (Wildman–Crippen MR) is 83.7 cm³/mol. The minimum absolute atomic E-state index is 0.133. The zero-order valence-electron chi connectivity index (χ0n) is 11.2. The zero-order chi connectivity index (χ0) is 15.1. The van der Waals surface area contributed by atoms with Crippen LogP contribution in [0.25, 0.3) is 11.3 Å². The Morgan fingerprint density at radius 2 is 2.24 bits per heavy atom. The molecule has 2 aromatic rings. The van der Waals surface area contributed by atoms with Crippen molar-refractivity contribution in [2.75, 3.05) is 18.5 Å². The molecule has 6 nitrogen and oxygen atoms in total. The number of nitrogens with zero attached hydrogens (tertiary/aromatic N) is 2. The van der Waals surface area contributed by atoms with Gasteiger partial charge in [0.2, 0.25) is 0 Å². The van der Waals surface area contributed by atoms with Crippen LogP contribution in [0.5, 0.6) is 0 Å². The molecule has 21 heavy (non-hydrogen) atoms. The second kappa shape index (κ2) is 7.92. The van der Waals surface area contributed by atoms with Gasteiger partial charge in [-0.25, -0.2) is 4.79 Å². The maximum Gasteiger partial charge on any atom is 0.319 e. The average molecular weight is 327 g/mol. The van der Waals surface area contributed by atoms with Gasteiger partial charge in [-0.05, 0) is 25.0 Å². The number of unbranched alkanes of at least 4 members (excludes halogenated alkanes) is 1. The monoisotopic (exact) mass is 326 g/mol. The van der Waals surface area contributed by atoms with Gasteiger partial charge in [-0.1, -0.05) is 28.2 Å². The van der Waals surface area contributed by atoms with Crippen LogP contribution in [-0.4, -0.2) is 33.9 Å². The first-order valence-corrected chi connectivity index (χ1v) is 7.60. The highest BCUT2D eigenvalue weighted by Gasteiger charge is 2.09. The molecule has 1 heterocycles. The Morgan fingerprint density at radius 1 is 1.38 bits per heavy atom. The number of hydrogen-bond donors (Lipinski definition) is 3. The van der Waals surface area contributed by atoms with E-state index in [2.05, 4.69) is 20.2 Å². The highest BCUT2D eigenvalue weighted by atomic mass is 35.5. The summed E-state index contributed by atoms with van der Waals surface area (Å²) in [5.41, 5.74) is 2.05. The first-order valence-electron chi connectivity index (χ1n) is 6.44. The van der Waals surface area contributed by atoms with Crippen LogP contribution >= 0.6 is 23.1 Å². The number of aromatic nitrogens is 2. The zero-order valence-corrected chi connectivity index (χ0v) is 12.7. The Kier molecular flexibility index (Phi) is 5.91. The minimum atomic E-state index is -0.285. The number of rotatable bonds is 6. The molecule has 0 saturated heterocycles. The van der Waals surface area contributed by atoms with Gasteiger partial charge in [-0.15, -0.1) is 5.10 Å². The van der Waals surface area contributed by atoms with Crippen LogP contribution < -0.4 is 10.6 Å². The molecule has 0 aliphatic rings. The molecule has 2 rings (SSSR count). The molecule has 0 fully saturated rings. The Morgan fingerprint density at radius 3 is 2.95 bits per heavy atom. The van der Waals surface area contributed by atoms with E-state index in [-0.39, 0.29) is 12.6 Å². The van der Waals surface area contributed by atoms with Gasteiger partial charge in [0, 0.05) is 35.9 Å². The molecule has 112 valence electrons. The highest BCUT2D eigenvalue weighted by Crippen LogP contribution is 2.29. The van der Waals surface area contributed by atoms with Gasteiger partial charge in [0.25, 0.3) is 0 Å². The van der Waals surface area contributed by atoms with Crippen molar-refractivity contribution in [1.82, 2.24) is 14.9 Å². The van der Waals surface area contributed by atoms with Crippen molar-refractivity contribution in [2.24, 2.45) is 0 Å². The summed E-state index contributed by atoms with van der Waals surface area (Å²) in [5.74, 6) is 0. The normalized spacial score (nSPS) is 10.4. The maximum absolute atomic E-state index is 11.7. The Hall–Kier alpha value is -1.70. The van der Waals surface area contributed by atoms with Gasteiger partial charge < -0.3 is 15.7 Å². The second-order valence-corrected chi connectivity index (χ2v) is 5.64. The number of benzene rings is 1. The van der Waals surface area contributed by atoms with E-state index in [1.165, 1.54) is 0 Å². The fourth-order valence-electron chi connectivity index (χ4n) is 1.71. The molecule has 0 aliphatic carbocycles. The molecule has 0 saturated carbocycles. The molecule has 0 atom stereocenters. The highest BCUT2D eigenvalue weighted by molar-refractivity contribution is 7.10. The summed E-state index contributed by atoms with van der Waals surface area (Å²) in [6.07, 6.45) is 1.41. The number of urea groups is 1. The summed E-state index contributed by atoms with van der Waals surface area (Å²) < 4.78 is 4.30. The molecule has 1 aromatic carbocycles. The van der Waals surface area contributed by atoms with Crippen LogP contribution in [0, 0.1) is 0 Å². The standard InChI is InChI=1S/C13H15ClN4O2S/c14-12-11(17-18-21-12)9-4-3-5-10(8-9)16-13(20)15-6-1-2-7-19/h3-5,8,19H,1-2,6-7H2,(H2,15,16,20). The number of halogens is 1. The minimum Gasteiger partial charge on any atom is -0.396 e. The molecular formula is C13H15ClN4O2S. The number of amides is 2. The molecule has 0 bridgehead atoms.